The Balaban J connectivity index is 1.74. The third-order valence-electron chi connectivity index (χ3n) is 4.52. The predicted octanol–water partition coefficient (Wildman–Crippen LogP) is 5.11. The third-order valence-corrected chi connectivity index (χ3v) is 4.52. The minimum atomic E-state index is -4.29. The quantitative estimate of drug-likeness (QED) is 0.819. The molecule has 0 amide bonds. The Kier molecular flexibility index (Phi) is 3.89. The first-order valence-corrected chi connectivity index (χ1v) is 7.47. The largest absolute Gasteiger partial charge is 0.506 e. The van der Waals surface area contributed by atoms with Gasteiger partial charge in [0.25, 0.3) is 0 Å². The molecule has 1 aliphatic rings. The number of hydrogen-bond donors (Lipinski definition) is 1. The van der Waals surface area contributed by atoms with Crippen molar-refractivity contribution >= 4 is 0 Å². The molecule has 2 nitrogen and oxygen atoms in total. The maximum atomic E-state index is 13.1. The van der Waals surface area contributed by atoms with Gasteiger partial charge in [0, 0.05) is 18.4 Å². The van der Waals surface area contributed by atoms with Gasteiger partial charge in [-0.05, 0) is 49.3 Å². The SMILES string of the molecule is Oc1ccn(C2CCC(c3ccccc3C(F)(F)F)CC2)c1. The van der Waals surface area contributed by atoms with Crippen LogP contribution in [0, 0.1) is 0 Å². The summed E-state index contributed by atoms with van der Waals surface area (Å²) in [6.45, 7) is 0. The second-order valence-electron chi connectivity index (χ2n) is 5.91. The van der Waals surface area contributed by atoms with Crippen molar-refractivity contribution < 1.29 is 18.3 Å². The smallest absolute Gasteiger partial charge is 0.416 e. The van der Waals surface area contributed by atoms with Crippen LogP contribution in [0.5, 0.6) is 5.75 Å². The maximum Gasteiger partial charge on any atom is 0.416 e. The van der Waals surface area contributed by atoms with E-state index in [0.29, 0.717) is 5.56 Å². The van der Waals surface area contributed by atoms with Crippen LogP contribution in [0.15, 0.2) is 42.7 Å². The average Bonchev–Trinajstić information content (AvgIpc) is 2.93. The highest BCUT2D eigenvalue weighted by Crippen LogP contribution is 2.43. The maximum absolute atomic E-state index is 13.1. The summed E-state index contributed by atoms with van der Waals surface area (Å²) in [5, 5.41) is 9.39. The van der Waals surface area contributed by atoms with Crippen LogP contribution in [0.25, 0.3) is 0 Å². The van der Waals surface area contributed by atoms with Crippen molar-refractivity contribution in [2.45, 2.75) is 43.8 Å². The molecule has 0 radical (unpaired) electrons. The van der Waals surface area contributed by atoms with Crippen molar-refractivity contribution in [2.24, 2.45) is 0 Å². The lowest BCUT2D eigenvalue weighted by molar-refractivity contribution is -0.138. The number of nitrogens with zero attached hydrogens (tertiary/aromatic N) is 1. The summed E-state index contributed by atoms with van der Waals surface area (Å²) in [6, 6.07) is 7.79. The van der Waals surface area contributed by atoms with Gasteiger partial charge >= 0.3 is 6.18 Å². The summed E-state index contributed by atoms with van der Waals surface area (Å²) >= 11 is 0. The van der Waals surface area contributed by atoms with Crippen LogP contribution in [0.3, 0.4) is 0 Å². The van der Waals surface area contributed by atoms with E-state index in [9.17, 15) is 18.3 Å². The minimum Gasteiger partial charge on any atom is -0.506 e. The van der Waals surface area contributed by atoms with Crippen molar-refractivity contribution in [3.63, 3.8) is 0 Å². The molecule has 0 bridgehead atoms. The summed E-state index contributed by atoms with van der Waals surface area (Å²) in [5.74, 6) is 0.183. The number of rotatable bonds is 2. The molecule has 22 heavy (non-hydrogen) atoms. The molecule has 118 valence electrons. The summed E-state index contributed by atoms with van der Waals surface area (Å²) in [5.41, 5.74) is -0.0825. The summed E-state index contributed by atoms with van der Waals surface area (Å²) in [7, 11) is 0. The van der Waals surface area contributed by atoms with Crippen LogP contribution in [-0.4, -0.2) is 9.67 Å². The Bertz CT molecular complexity index is 639. The summed E-state index contributed by atoms with van der Waals surface area (Å²) < 4.78 is 41.3. The highest BCUT2D eigenvalue weighted by atomic mass is 19.4. The molecular weight excluding hydrogens is 291 g/mol. The van der Waals surface area contributed by atoms with Crippen molar-refractivity contribution in [3.8, 4) is 5.75 Å². The molecule has 1 aliphatic carbocycles. The van der Waals surface area contributed by atoms with E-state index in [4.69, 9.17) is 0 Å². The lowest BCUT2D eigenvalue weighted by Crippen LogP contribution is -2.19. The van der Waals surface area contributed by atoms with E-state index in [2.05, 4.69) is 0 Å². The van der Waals surface area contributed by atoms with Crippen LogP contribution in [-0.2, 0) is 6.18 Å². The molecule has 1 saturated carbocycles. The van der Waals surface area contributed by atoms with Crippen LogP contribution in [0.1, 0.15) is 48.8 Å². The van der Waals surface area contributed by atoms with Crippen LogP contribution in [0.4, 0.5) is 13.2 Å². The number of alkyl halides is 3. The normalized spacial score (nSPS) is 22.7. The van der Waals surface area contributed by atoms with Crippen molar-refractivity contribution in [3.05, 3.63) is 53.9 Å². The number of halogens is 3. The molecule has 5 heteroatoms. The number of aromatic hydroxyl groups is 1. The molecule has 0 atom stereocenters. The molecule has 0 spiro atoms. The molecule has 0 unspecified atom stereocenters. The fourth-order valence-corrected chi connectivity index (χ4v) is 3.42. The van der Waals surface area contributed by atoms with Gasteiger partial charge in [-0.3, -0.25) is 0 Å². The van der Waals surface area contributed by atoms with Crippen molar-refractivity contribution in [1.82, 2.24) is 4.57 Å². The highest BCUT2D eigenvalue weighted by Gasteiger charge is 2.35. The molecule has 1 heterocycles. The number of hydrogen-bond acceptors (Lipinski definition) is 1. The minimum absolute atomic E-state index is 0.0433. The van der Waals surface area contributed by atoms with Gasteiger partial charge in [0.2, 0.25) is 0 Å². The van der Waals surface area contributed by atoms with E-state index >= 15 is 0 Å². The molecule has 1 aromatic carbocycles. The molecular formula is C17H18F3NO. The second-order valence-corrected chi connectivity index (χ2v) is 5.91. The van der Waals surface area contributed by atoms with Crippen LogP contribution in [0.2, 0.25) is 0 Å². The highest BCUT2D eigenvalue weighted by molar-refractivity contribution is 5.33. The summed E-state index contributed by atoms with van der Waals surface area (Å²) in [4.78, 5) is 0. The zero-order valence-corrected chi connectivity index (χ0v) is 12.1. The molecule has 1 aromatic heterocycles. The van der Waals surface area contributed by atoms with E-state index < -0.39 is 11.7 Å². The topological polar surface area (TPSA) is 25.2 Å². The molecule has 1 N–H and O–H groups in total. The monoisotopic (exact) mass is 309 g/mol. The first-order valence-electron chi connectivity index (χ1n) is 7.47. The molecule has 3 rings (SSSR count). The first kappa shape index (κ1) is 15.0. The van der Waals surface area contributed by atoms with E-state index in [0.717, 1.165) is 25.7 Å². The first-order chi connectivity index (χ1) is 10.4. The lowest BCUT2D eigenvalue weighted by atomic mass is 9.80. The Morgan fingerprint density at radius 3 is 2.27 bits per heavy atom. The average molecular weight is 309 g/mol. The second kappa shape index (κ2) is 5.71. The zero-order valence-electron chi connectivity index (χ0n) is 12.1. The fraction of sp³-hybridized carbons (Fsp3) is 0.412. The number of benzene rings is 1. The Labute approximate surface area is 127 Å². The van der Waals surface area contributed by atoms with Crippen LogP contribution < -0.4 is 0 Å². The Morgan fingerprint density at radius 2 is 1.68 bits per heavy atom. The van der Waals surface area contributed by atoms with Crippen molar-refractivity contribution in [1.29, 1.82) is 0 Å². The van der Waals surface area contributed by atoms with Gasteiger partial charge in [-0.2, -0.15) is 13.2 Å². The van der Waals surface area contributed by atoms with Crippen molar-refractivity contribution in [2.75, 3.05) is 0 Å². The van der Waals surface area contributed by atoms with Gasteiger partial charge in [0.1, 0.15) is 5.75 Å². The Morgan fingerprint density at radius 1 is 1.00 bits per heavy atom. The number of aromatic nitrogens is 1. The zero-order chi connectivity index (χ0) is 15.7. The predicted molar refractivity (Wildman–Crippen MR) is 77.8 cm³/mol. The van der Waals surface area contributed by atoms with Gasteiger partial charge in [0.15, 0.2) is 0 Å². The van der Waals surface area contributed by atoms with E-state index in [1.807, 2.05) is 10.8 Å². The summed E-state index contributed by atoms with van der Waals surface area (Å²) in [6.07, 6.45) is 2.32. The van der Waals surface area contributed by atoms with Gasteiger partial charge in [-0.1, -0.05) is 18.2 Å². The van der Waals surface area contributed by atoms with Gasteiger partial charge in [0.05, 0.1) is 5.56 Å². The molecule has 0 aliphatic heterocycles. The van der Waals surface area contributed by atoms with E-state index in [1.165, 1.54) is 12.1 Å². The molecule has 1 fully saturated rings. The Hall–Kier alpha value is -1.91. The van der Waals surface area contributed by atoms with E-state index in [-0.39, 0.29) is 17.7 Å². The van der Waals surface area contributed by atoms with E-state index in [1.54, 1.807) is 24.4 Å². The van der Waals surface area contributed by atoms with Gasteiger partial charge in [-0.25, -0.2) is 0 Å². The molecule has 0 saturated heterocycles. The lowest BCUT2D eigenvalue weighted by Gasteiger charge is -2.31. The molecule has 2 aromatic rings. The fourth-order valence-electron chi connectivity index (χ4n) is 3.42. The van der Waals surface area contributed by atoms with Gasteiger partial charge < -0.3 is 9.67 Å². The van der Waals surface area contributed by atoms with Gasteiger partial charge in [-0.15, -0.1) is 0 Å². The third kappa shape index (κ3) is 2.98. The standard InChI is InChI=1S/C17H18F3NO/c18-17(19,20)16-4-2-1-3-15(16)12-5-7-13(8-6-12)21-10-9-14(22)11-21/h1-4,9-13,22H,5-8H2. The van der Waals surface area contributed by atoms with Crippen LogP contribution >= 0.6 is 0 Å².